The van der Waals surface area contributed by atoms with Gasteiger partial charge < -0.3 is 5.32 Å². The van der Waals surface area contributed by atoms with Crippen LogP contribution in [0.4, 0.5) is 14.5 Å². The molecule has 0 aromatic heterocycles. The Morgan fingerprint density at radius 1 is 1.06 bits per heavy atom. The van der Waals surface area contributed by atoms with E-state index in [0.717, 1.165) is 16.4 Å². The Morgan fingerprint density at radius 3 is 2.16 bits per heavy atom. The minimum Gasteiger partial charge on any atom is -0.350 e. The van der Waals surface area contributed by atoms with Crippen molar-refractivity contribution in [3.05, 3.63) is 65.7 Å². The van der Waals surface area contributed by atoms with Crippen LogP contribution in [0.5, 0.6) is 0 Å². The van der Waals surface area contributed by atoms with Gasteiger partial charge in [0, 0.05) is 18.8 Å². The Morgan fingerprint density at radius 2 is 1.61 bits per heavy atom. The SMILES string of the molecule is CCS(=O)(=O)N1CC(=O)N(c2ccc(F)cc2)[C@@](C)(C(=O)NCc2ccc(F)cc2)C1. The number of amides is 2. The molecule has 1 saturated heterocycles. The predicted molar refractivity (Wildman–Crippen MR) is 112 cm³/mol. The minimum atomic E-state index is -3.74. The summed E-state index contributed by atoms with van der Waals surface area (Å²) in [7, 11) is -3.74. The second-order valence-corrected chi connectivity index (χ2v) is 9.71. The van der Waals surface area contributed by atoms with E-state index in [-0.39, 0.29) is 24.5 Å². The minimum absolute atomic E-state index is 0.0562. The largest absolute Gasteiger partial charge is 0.350 e. The van der Waals surface area contributed by atoms with E-state index in [1.165, 1.54) is 55.1 Å². The third-order valence-electron chi connectivity index (χ3n) is 5.24. The maximum absolute atomic E-state index is 13.4. The van der Waals surface area contributed by atoms with Crippen LogP contribution in [0.1, 0.15) is 19.4 Å². The van der Waals surface area contributed by atoms with Gasteiger partial charge in [0.1, 0.15) is 17.2 Å². The van der Waals surface area contributed by atoms with E-state index < -0.39 is 45.6 Å². The maximum atomic E-state index is 13.4. The molecule has 1 N–H and O–H groups in total. The summed E-state index contributed by atoms with van der Waals surface area (Å²) >= 11 is 0. The third kappa shape index (κ3) is 4.75. The fourth-order valence-electron chi connectivity index (χ4n) is 3.51. The smallest absolute Gasteiger partial charge is 0.247 e. The molecule has 1 atom stereocenters. The van der Waals surface area contributed by atoms with Gasteiger partial charge in [0.2, 0.25) is 21.8 Å². The molecular weight excluding hydrogens is 428 g/mol. The zero-order valence-corrected chi connectivity index (χ0v) is 18.0. The highest BCUT2D eigenvalue weighted by atomic mass is 32.2. The molecule has 0 saturated carbocycles. The van der Waals surface area contributed by atoms with Crippen molar-refractivity contribution < 1.29 is 26.8 Å². The maximum Gasteiger partial charge on any atom is 0.247 e. The molecule has 10 heteroatoms. The predicted octanol–water partition coefficient (Wildman–Crippen LogP) is 2.04. The lowest BCUT2D eigenvalue weighted by Gasteiger charge is -2.46. The van der Waals surface area contributed by atoms with Gasteiger partial charge in [0.15, 0.2) is 0 Å². The summed E-state index contributed by atoms with van der Waals surface area (Å²) in [6.07, 6.45) is 0. The molecule has 1 fully saturated rings. The molecular formula is C21H23F2N3O4S. The molecule has 2 aromatic rings. The number of nitrogens with zero attached hydrogens (tertiary/aromatic N) is 2. The number of rotatable bonds is 6. The number of hydrogen-bond donors (Lipinski definition) is 1. The van der Waals surface area contributed by atoms with E-state index in [9.17, 15) is 26.8 Å². The van der Waals surface area contributed by atoms with Gasteiger partial charge in [-0.3, -0.25) is 14.5 Å². The lowest BCUT2D eigenvalue weighted by atomic mass is 9.94. The number of anilines is 1. The van der Waals surface area contributed by atoms with E-state index in [4.69, 9.17) is 0 Å². The second-order valence-electron chi connectivity index (χ2n) is 7.46. The zero-order valence-electron chi connectivity index (χ0n) is 17.1. The summed E-state index contributed by atoms with van der Waals surface area (Å²) < 4.78 is 52.4. The second kappa shape index (κ2) is 8.72. The van der Waals surface area contributed by atoms with Crippen LogP contribution < -0.4 is 10.2 Å². The van der Waals surface area contributed by atoms with Gasteiger partial charge in [-0.25, -0.2) is 17.2 Å². The Kier molecular flexibility index (Phi) is 6.42. The Bertz CT molecular complexity index is 1070. The number of piperazine rings is 1. The van der Waals surface area contributed by atoms with Crippen LogP contribution in [-0.2, 0) is 26.2 Å². The third-order valence-corrected chi connectivity index (χ3v) is 7.01. The van der Waals surface area contributed by atoms with Gasteiger partial charge in [0.25, 0.3) is 0 Å². The first kappa shape index (κ1) is 22.8. The highest BCUT2D eigenvalue weighted by molar-refractivity contribution is 7.89. The molecule has 1 heterocycles. The average molecular weight is 451 g/mol. The van der Waals surface area contributed by atoms with Gasteiger partial charge in [-0.2, -0.15) is 4.31 Å². The zero-order chi connectivity index (χ0) is 22.8. The van der Waals surface area contributed by atoms with E-state index in [1.54, 1.807) is 0 Å². The van der Waals surface area contributed by atoms with Crippen molar-refractivity contribution in [2.75, 3.05) is 23.7 Å². The number of nitrogens with one attached hydrogen (secondary N) is 1. The number of carbonyl (C=O) groups is 2. The van der Waals surface area contributed by atoms with E-state index in [2.05, 4.69) is 5.32 Å². The van der Waals surface area contributed by atoms with Crippen molar-refractivity contribution in [2.45, 2.75) is 25.9 Å². The van der Waals surface area contributed by atoms with Gasteiger partial charge in [-0.05, 0) is 55.8 Å². The highest BCUT2D eigenvalue weighted by Crippen LogP contribution is 2.31. The molecule has 0 unspecified atom stereocenters. The van der Waals surface area contributed by atoms with Gasteiger partial charge in [-0.1, -0.05) is 12.1 Å². The van der Waals surface area contributed by atoms with E-state index in [0.29, 0.717) is 5.56 Å². The standard InChI is InChI=1S/C21H23F2N3O4S/c1-3-31(29,30)25-13-19(27)26(18-10-8-17(23)9-11-18)21(2,14-25)20(28)24-12-15-4-6-16(22)7-5-15/h4-11H,3,12-14H2,1-2H3,(H,24,28)/t21-/m1/s1. The van der Waals surface area contributed by atoms with E-state index >= 15 is 0 Å². The Hall–Kier alpha value is -2.85. The van der Waals surface area contributed by atoms with Crippen LogP contribution in [0, 0.1) is 11.6 Å². The van der Waals surface area contributed by atoms with Crippen molar-refractivity contribution in [3.63, 3.8) is 0 Å². The molecule has 2 amide bonds. The van der Waals surface area contributed by atoms with Crippen molar-refractivity contribution in [3.8, 4) is 0 Å². The molecule has 1 aliphatic rings. The van der Waals surface area contributed by atoms with Gasteiger partial charge >= 0.3 is 0 Å². The summed E-state index contributed by atoms with van der Waals surface area (Å²) in [5.74, 6) is -2.34. The number of halogens is 2. The average Bonchev–Trinajstić information content (AvgIpc) is 2.74. The first-order chi connectivity index (χ1) is 14.6. The molecule has 0 radical (unpaired) electrons. The molecule has 0 bridgehead atoms. The topological polar surface area (TPSA) is 86.8 Å². The summed E-state index contributed by atoms with van der Waals surface area (Å²) in [5.41, 5.74) is -0.679. The molecule has 1 aliphatic heterocycles. The van der Waals surface area contributed by atoms with Crippen LogP contribution in [0.15, 0.2) is 48.5 Å². The van der Waals surface area contributed by atoms with E-state index in [1.807, 2.05) is 0 Å². The first-order valence-electron chi connectivity index (χ1n) is 9.66. The number of benzene rings is 2. The summed E-state index contributed by atoms with van der Waals surface area (Å²) in [5, 5.41) is 2.70. The Labute approximate surface area is 179 Å². The molecule has 2 aromatic carbocycles. The quantitative estimate of drug-likeness (QED) is 0.728. The molecule has 166 valence electrons. The van der Waals surface area contributed by atoms with Crippen LogP contribution >= 0.6 is 0 Å². The first-order valence-corrected chi connectivity index (χ1v) is 11.3. The Balaban J connectivity index is 1.94. The highest BCUT2D eigenvalue weighted by Gasteiger charge is 2.50. The number of carbonyl (C=O) groups excluding carboxylic acids is 2. The van der Waals surface area contributed by atoms with Crippen LogP contribution in [0.2, 0.25) is 0 Å². The molecule has 7 nitrogen and oxygen atoms in total. The van der Waals surface area contributed by atoms with Crippen molar-refractivity contribution in [1.29, 1.82) is 0 Å². The fraction of sp³-hybridized carbons (Fsp3) is 0.333. The van der Waals surface area contributed by atoms with Gasteiger partial charge in [-0.15, -0.1) is 0 Å². The van der Waals surface area contributed by atoms with Crippen molar-refractivity contribution in [1.82, 2.24) is 9.62 Å². The summed E-state index contributed by atoms with van der Waals surface area (Å²) in [4.78, 5) is 27.4. The molecule has 3 rings (SSSR count). The normalized spacial score (nSPS) is 20.0. The van der Waals surface area contributed by atoms with Crippen molar-refractivity contribution in [2.24, 2.45) is 0 Å². The lowest BCUT2D eigenvalue weighted by molar-refractivity contribution is -0.133. The monoisotopic (exact) mass is 451 g/mol. The van der Waals surface area contributed by atoms with Crippen LogP contribution in [0.25, 0.3) is 0 Å². The fourth-order valence-corrected chi connectivity index (χ4v) is 4.63. The van der Waals surface area contributed by atoms with Gasteiger partial charge in [0.05, 0.1) is 12.3 Å². The molecule has 31 heavy (non-hydrogen) atoms. The summed E-state index contributed by atoms with van der Waals surface area (Å²) in [6.45, 7) is 2.29. The van der Waals surface area contributed by atoms with Crippen LogP contribution in [-0.4, -0.2) is 48.9 Å². The molecule has 0 aliphatic carbocycles. The number of sulfonamides is 1. The van der Waals surface area contributed by atoms with Crippen LogP contribution in [0.3, 0.4) is 0 Å². The molecule has 0 spiro atoms. The lowest BCUT2D eigenvalue weighted by Crippen LogP contribution is -2.70. The van der Waals surface area contributed by atoms with Crippen molar-refractivity contribution >= 4 is 27.5 Å². The summed E-state index contributed by atoms with van der Waals surface area (Å²) in [6, 6.07) is 10.6. The number of hydrogen-bond acceptors (Lipinski definition) is 4.